The molecule has 0 N–H and O–H groups in total. The van der Waals surface area contributed by atoms with E-state index in [4.69, 9.17) is 11.6 Å². The maximum absolute atomic E-state index is 12.2. The van der Waals surface area contributed by atoms with Crippen LogP contribution in [-0.4, -0.2) is 29.3 Å². The lowest BCUT2D eigenvalue weighted by atomic mass is 9.96. The summed E-state index contributed by atoms with van der Waals surface area (Å²) >= 11 is 5.83. The molecule has 1 aliphatic heterocycles. The average Bonchev–Trinajstić information content (AvgIpc) is 2.34. The number of hydrogen-bond acceptors (Lipinski definition) is 2. The molecule has 1 aliphatic rings. The number of likely N-dealkylation sites (tertiary alicyclic amines) is 1. The number of rotatable bonds is 3. The van der Waals surface area contributed by atoms with Crippen molar-refractivity contribution in [1.82, 2.24) is 4.90 Å². The second kappa shape index (κ2) is 5.85. The Hall–Kier alpha value is -0.860. The maximum atomic E-state index is 12.2. The SMILES string of the molecule is CC1CCCC(C)N1CC(=O)c1ccc(Cl)cc1. The van der Waals surface area contributed by atoms with Gasteiger partial charge in [-0.1, -0.05) is 18.0 Å². The number of carbonyl (C=O) groups excluding carboxylic acids is 1. The Balaban J connectivity index is 2.04. The molecular weight excluding hydrogens is 246 g/mol. The molecule has 3 heteroatoms. The van der Waals surface area contributed by atoms with Gasteiger partial charge in [-0.15, -0.1) is 0 Å². The van der Waals surface area contributed by atoms with Crippen LogP contribution in [-0.2, 0) is 0 Å². The highest BCUT2D eigenvalue weighted by atomic mass is 35.5. The molecule has 2 rings (SSSR count). The van der Waals surface area contributed by atoms with Gasteiger partial charge in [-0.05, 0) is 51.0 Å². The van der Waals surface area contributed by atoms with Crippen molar-refractivity contribution in [2.45, 2.75) is 45.2 Å². The molecular formula is C15H20ClNO. The highest BCUT2D eigenvalue weighted by molar-refractivity contribution is 6.30. The van der Waals surface area contributed by atoms with Crippen molar-refractivity contribution in [3.8, 4) is 0 Å². The van der Waals surface area contributed by atoms with Crippen LogP contribution in [0.1, 0.15) is 43.5 Å². The molecule has 0 spiro atoms. The zero-order valence-electron chi connectivity index (χ0n) is 11.0. The molecule has 0 aromatic heterocycles. The fourth-order valence-electron chi connectivity index (χ4n) is 2.68. The van der Waals surface area contributed by atoms with Gasteiger partial charge in [0.2, 0.25) is 0 Å². The molecule has 1 fully saturated rings. The van der Waals surface area contributed by atoms with Gasteiger partial charge in [0.15, 0.2) is 5.78 Å². The lowest BCUT2D eigenvalue weighted by Gasteiger charge is -2.38. The van der Waals surface area contributed by atoms with Crippen LogP contribution in [0, 0.1) is 0 Å². The summed E-state index contributed by atoms with van der Waals surface area (Å²) in [5.41, 5.74) is 0.754. The van der Waals surface area contributed by atoms with E-state index in [2.05, 4.69) is 18.7 Å². The van der Waals surface area contributed by atoms with E-state index in [9.17, 15) is 4.79 Å². The van der Waals surface area contributed by atoms with E-state index in [1.54, 1.807) is 12.1 Å². The van der Waals surface area contributed by atoms with Crippen molar-refractivity contribution in [3.05, 3.63) is 34.9 Å². The van der Waals surface area contributed by atoms with E-state index >= 15 is 0 Å². The van der Waals surface area contributed by atoms with Gasteiger partial charge in [-0.25, -0.2) is 0 Å². The van der Waals surface area contributed by atoms with Crippen LogP contribution in [0.15, 0.2) is 24.3 Å². The van der Waals surface area contributed by atoms with Crippen molar-refractivity contribution in [2.24, 2.45) is 0 Å². The zero-order valence-corrected chi connectivity index (χ0v) is 11.8. The van der Waals surface area contributed by atoms with Gasteiger partial charge >= 0.3 is 0 Å². The lowest BCUT2D eigenvalue weighted by Crippen LogP contribution is -2.46. The first-order valence-electron chi connectivity index (χ1n) is 6.62. The number of ketones is 1. The molecule has 0 bridgehead atoms. The Morgan fingerprint density at radius 1 is 1.22 bits per heavy atom. The summed E-state index contributed by atoms with van der Waals surface area (Å²) in [6.07, 6.45) is 3.66. The van der Waals surface area contributed by atoms with Crippen LogP contribution in [0.25, 0.3) is 0 Å². The quantitative estimate of drug-likeness (QED) is 0.775. The maximum Gasteiger partial charge on any atom is 0.176 e. The van der Waals surface area contributed by atoms with Crippen molar-refractivity contribution in [2.75, 3.05) is 6.54 Å². The number of hydrogen-bond donors (Lipinski definition) is 0. The Morgan fingerprint density at radius 3 is 2.33 bits per heavy atom. The smallest absolute Gasteiger partial charge is 0.176 e. The van der Waals surface area contributed by atoms with Gasteiger partial charge in [0, 0.05) is 22.7 Å². The minimum atomic E-state index is 0.187. The topological polar surface area (TPSA) is 20.3 Å². The third-order valence-corrected chi connectivity index (χ3v) is 4.12. The van der Waals surface area contributed by atoms with Crippen molar-refractivity contribution in [1.29, 1.82) is 0 Å². The van der Waals surface area contributed by atoms with Gasteiger partial charge in [0.1, 0.15) is 0 Å². The summed E-state index contributed by atoms with van der Waals surface area (Å²) in [5, 5.41) is 0.672. The van der Waals surface area contributed by atoms with E-state index in [1.165, 1.54) is 19.3 Å². The highest BCUT2D eigenvalue weighted by Gasteiger charge is 2.26. The first-order valence-corrected chi connectivity index (χ1v) is 7.00. The minimum absolute atomic E-state index is 0.187. The summed E-state index contributed by atoms with van der Waals surface area (Å²) in [6.45, 7) is 4.94. The van der Waals surface area contributed by atoms with E-state index in [-0.39, 0.29) is 5.78 Å². The summed E-state index contributed by atoms with van der Waals surface area (Å²) in [5.74, 6) is 0.187. The van der Waals surface area contributed by atoms with Crippen molar-refractivity contribution < 1.29 is 4.79 Å². The van der Waals surface area contributed by atoms with E-state index in [0.717, 1.165) is 5.56 Å². The van der Waals surface area contributed by atoms with E-state index < -0.39 is 0 Å². The van der Waals surface area contributed by atoms with Gasteiger partial charge < -0.3 is 0 Å². The number of halogens is 1. The van der Waals surface area contributed by atoms with E-state index in [0.29, 0.717) is 23.7 Å². The van der Waals surface area contributed by atoms with Gasteiger partial charge in [-0.3, -0.25) is 9.69 Å². The zero-order chi connectivity index (χ0) is 13.1. The van der Waals surface area contributed by atoms with Crippen LogP contribution < -0.4 is 0 Å². The van der Waals surface area contributed by atoms with Crippen LogP contribution in [0.4, 0.5) is 0 Å². The predicted molar refractivity (Wildman–Crippen MR) is 75.3 cm³/mol. The third-order valence-electron chi connectivity index (χ3n) is 3.87. The Labute approximate surface area is 114 Å². The summed E-state index contributed by atoms with van der Waals surface area (Å²) in [7, 11) is 0. The second-order valence-corrected chi connectivity index (χ2v) is 5.67. The Kier molecular flexibility index (Phi) is 4.41. The molecule has 2 unspecified atom stereocenters. The van der Waals surface area contributed by atoms with Crippen LogP contribution in [0.2, 0.25) is 5.02 Å². The standard InChI is InChI=1S/C15H20ClNO/c1-11-4-3-5-12(2)17(11)10-15(18)13-6-8-14(16)9-7-13/h6-9,11-12H,3-5,10H2,1-2H3. The molecule has 18 heavy (non-hydrogen) atoms. The minimum Gasteiger partial charge on any atom is -0.293 e. The first-order chi connectivity index (χ1) is 8.58. The monoisotopic (exact) mass is 265 g/mol. The Bertz CT molecular complexity index is 405. The first kappa shape index (κ1) is 13.6. The normalized spacial score (nSPS) is 25.1. The summed E-state index contributed by atoms with van der Waals surface area (Å²) in [4.78, 5) is 14.6. The summed E-state index contributed by atoms with van der Waals surface area (Å²) in [6, 6.07) is 8.18. The molecule has 1 saturated heterocycles. The number of nitrogens with zero attached hydrogens (tertiary/aromatic N) is 1. The predicted octanol–water partition coefficient (Wildman–Crippen LogP) is 3.79. The fourth-order valence-corrected chi connectivity index (χ4v) is 2.81. The molecule has 0 radical (unpaired) electrons. The number of piperidine rings is 1. The lowest BCUT2D eigenvalue weighted by molar-refractivity contribution is 0.0734. The van der Waals surface area contributed by atoms with Gasteiger partial charge in [0.05, 0.1) is 6.54 Å². The Morgan fingerprint density at radius 2 is 1.78 bits per heavy atom. The van der Waals surface area contributed by atoms with Crippen LogP contribution in [0.3, 0.4) is 0 Å². The molecule has 98 valence electrons. The van der Waals surface area contributed by atoms with Crippen molar-refractivity contribution >= 4 is 17.4 Å². The fraction of sp³-hybridized carbons (Fsp3) is 0.533. The molecule has 0 saturated carbocycles. The molecule has 1 aromatic carbocycles. The number of benzene rings is 1. The molecule has 0 aliphatic carbocycles. The molecule has 0 amide bonds. The van der Waals surface area contributed by atoms with Gasteiger partial charge in [-0.2, -0.15) is 0 Å². The van der Waals surface area contributed by atoms with Crippen LogP contribution >= 0.6 is 11.6 Å². The summed E-state index contributed by atoms with van der Waals surface area (Å²) < 4.78 is 0. The molecule has 2 atom stereocenters. The average molecular weight is 266 g/mol. The van der Waals surface area contributed by atoms with Crippen LogP contribution in [0.5, 0.6) is 0 Å². The molecule has 1 aromatic rings. The van der Waals surface area contributed by atoms with Crippen molar-refractivity contribution in [3.63, 3.8) is 0 Å². The number of Topliss-reactive ketones (excluding diaryl/α,β-unsaturated/α-hetero) is 1. The highest BCUT2D eigenvalue weighted by Crippen LogP contribution is 2.22. The third kappa shape index (κ3) is 3.12. The molecule has 1 heterocycles. The largest absolute Gasteiger partial charge is 0.293 e. The number of carbonyl (C=O) groups is 1. The van der Waals surface area contributed by atoms with E-state index in [1.807, 2.05) is 12.1 Å². The second-order valence-electron chi connectivity index (χ2n) is 5.23. The molecule has 2 nitrogen and oxygen atoms in total. The van der Waals surface area contributed by atoms with Gasteiger partial charge in [0.25, 0.3) is 0 Å².